The molecule has 0 aliphatic heterocycles. The molecule has 1 saturated carbocycles. The maximum atomic E-state index is 12.8. The minimum absolute atomic E-state index is 0.0525. The van der Waals surface area contributed by atoms with Gasteiger partial charge in [-0.2, -0.15) is 0 Å². The first-order valence-electron chi connectivity index (χ1n) is 12.1. The van der Waals surface area contributed by atoms with Gasteiger partial charge in [0, 0.05) is 18.5 Å². The highest BCUT2D eigenvalue weighted by Crippen LogP contribution is 2.41. The molecule has 1 aromatic heterocycles. The van der Waals surface area contributed by atoms with Gasteiger partial charge in [-0.15, -0.1) is 10.2 Å². The molecule has 1 atom stereocenters. The van der Waals surface area contributed by atoms with E-state index in [4.69, 9.17) is 0 Å². The molecule has 2 aromatic carbocycles. The van der Waals surface area contributed by atoms with Crippen LogP contribution in [0.3, 0.4) is 0 Å². The lowest BCUT2D eigenvalue weighted by atomic mass is 10.00. The molecule has 2 amide bonds. The van der Waals surface area contributed by atoms with E-state index in [1.54, 1.807) is 0 Å². The monoisotopic (exact) mass is 491 g/mol. The molecule has 0 saturated heterocycles. The second kappa shape index (κ2) is 11.1. The number of amides is 2. The summed E-state index contributed by atoms with van der Waals surface area (Å²) in [5.41, 5.74) is 3.99. The average Bonchev–Trinajstić information content (AvgIpc) is 3.56. The number of hydrogen-bond donors (Lipinski definition) is 2. The van der Waals surface area contributed by atoms with Crippen molar-refractivity contribution in [2.75, 3.05) is 11.1 Å². The standard InChI is InChI=1S/C27H33N5O2S/c1-17(2)14-20-8-10-21(11-9-20)18(3)28-25(34)16-35-27-31-30-26(22-12-13-22)32(27)24-7-5-6-23(15-24)29-19(4)33/h5-11,15,17-18,22H,12-14,16H2,1-4H3,(H,28,34)(H,29,33). The molecule has 1 aliphatic rings. The topological polar surface area (TPSA) is 88.9 Å². The predicted molar refractivity (Wildman–Crippen MR) is 140 cm³/mol. The molecule has 4 rings (SSSR count). The lowest BCUT2D eigenvalue weighted by Gasteiger charge is -2.15. The SMILES string of the molecule is CC(=O)Nc1cccc(-n2c(SCC(=O)NC(C)c3ccc(CC(C)C)cc3)nnc2C2CC2)c1. The molecule has 2 N–H and O–H groups in total. The first-order chi connectivity index (χ1) is 16.8. The highest BCUT2D eigenvalue weighted by Gasteiger charge is 2.31. The van der Waals surface area contributed by atoms with E-state index in [9.17, 15) is 9.59 Å². The molecule has 3 aromatic rings. The van der Waals surface area contributed by atoms with Gasteiger partial charge < -0.3 is 10.6 Å². The molecule has 0 bridgehead atoms. The molecule has 0 radical (unpaired) electrons. The summed E-state index contributed by atoms with van der Waals surface area (Å²) >= 11 is 1.37. The van der Waals surface area contributed by atoms with Gasteiger partial charge in [0.1, 0.15) is 5.82 Å². The Hall–Kier alpha value is -3.13. The summed E-state index contributed by atoms with van der Waals surface area (Å²) in [5.74, 6) is 1.97. The van der Waals surface area contributed by atoms with Crippen LogP contribution in [0.15, 0.2) is 53.7 Å². The Morgan fingerprint density at radius 1 is 1.09 bits per heavy atom. The number of rotatable bonds is 10. The van der Waals surface area contributed by atoms with E-state index in [1.807, 2.05) is 35.8 Å². The number of nitrogens with one attached hydrogen (secondary N) is 2. The lowest BCUT2D eigenvalue weighted by molar-refractivity contribution is -0.119. The van der Waals surface area contributed by atoms with Crippen molar-refractivity contribution in [1.29, 1.82) is 0 Å². The molecule has 7 nitrogen and oxygen atoms in total. The number of carbonyl (C=O) groups is 2. The van der Waals surface area contributed by atoms with Crippen LogP contribution >= 0.6 is 11.8 Å². The molecule has 1 fully saturated rings. The highest BCUT2D eigenvalue weighted by atomic mass is 32.2. The number of carbonyl (C=O) groups excluding carboxylic acids is 2. The normalized spacial score (nSPS) is 14.1. The quantitative estimate of drug-likeness (QED) is 0.377. The molecular weight excluding hydrogens is 458 g/mol. The molecule has 8 heteroatoms. The van der Waals surface area contributed by atoms with Crippen molar-refractivity contribution in [3.05, 3.63) is 65.5 Å². The minimum Gasteiger partial charge on any atom is -0.349 e. The Morgan fingerprint density at radius 2 is 1.83 bits per heavy atom. The third-order valence-electron chi connectivity index (χ3n) is 5.86. The van der Waals surface area contributed by atoms with E-state index >= 15 is 0 Å². The highest BCUT2D eigenvalue weighted by molar-refractivity contribution is 7.99. The Kier molecular flexibility index (Phi) is 7.90. The van der Waals surface area contributed by atoms with Gasteiger partial charge in [-0.25, -0.2) is 0 Å². The Labute approximate surface area is 211 Å². The molecule has 1 unspecified atom stereocenters. The average molecular weight is 492 g/mol. The summed E-state index contributed by atoms with van der Waals surface area (Å²) in [5, 5.41) is 15.4. The van der Waals surface area contributed by atoms with E-state index in [2.05, 4.69) is 58.9 Å². The van der Waals surface area contributed by atoms with Crippen LogP contribution in [-0.2, 0) is 16.0 Å². The molecule has 0 spiro atoms. The summed E-state index contributed by atoms with van der Waals surface area (Å²) in [7, 11) is 0. The van der Waals surface area contributed by atoms with Crippen LogP contribution in [0.1, 0.15) is 69.4 Å². The van der Waals surface area contributed by atoms with Gasteiger partial charge in [0.2, 0.25) is 11.8 Å². The van der Waals surface area contributed by atoms with Crippen molar-refractivity contribution in [1.82, 2.24) is 20.1 Å². The van der Waals surface area contributed by atoms with Crippen LogP contribution in [0.4, 0.5) is 5.69 Å². The van der Waals surface area contributed by atoms with Crippen LogP contribution in [0, 0.1) is 5.92 Å². The molecule has 1 heterocycles. The van der Waals surface area contributed by atoms with Crippen molar-refractivity contribution in [3.8, 4) is 5.69 Å². The summed E-state index contributed by atoms with van der Waals surface area (Å²) in [6.45, 7) is 7.91. The van der Waals surface area contributed by atoms with Gasteiger partial charge in [0.15, 0.2) is 5.16 Å². The van der Waals surface area contributed by atoms with E-state index in [0.29, 0.717) is 22.7 Å². The first kappa shape index (κ1) is 25.0. The van der Waals surface area contributed by atoms with Crippen molar-refractivity contribution < 1.29 is 9.59 Å². The van der Waals surface area contributed by atoms with E-state index in [1.165, 1.54) is 24.2 Å². The molecular formula is C27H33N5O2S. The van der Waals surface area contributed by atoms with Crippen molar-refractivity contribution in [3.63, 3.8) is 0 Å². The van der Waals surface area contributed by atoms with Crippen molar-refractivity contribution in [2.45, 2.75) is 64.1 Å². The zero-order chi connectivity index (χ0) is 24.9. The summed E-state index contributed by atoms with van der Waals surface area (Å²) in [6, 6.07) is 16.0. The van der Waals surface area contributed by atoms with Gasteiger partial charge in [0.25, 0.3) is 0 Å². The number of aromatic nitrogens is 3. The molecule has 184 valence electrons. The lowest BCUT2D eigenvalue weighted by Crippen LogP contribution is -2.28. The number of thioether (sulfide) groups is 1. The van der Waals surface area contributed by atoms with Crippen LogP contribution in [0.2, 0.25) is 0 Å². The zero-order valence-corrected chi connectivity index (χ0v) is 21.6. The second-order valence-electron chi connectivity index (χ2n) is 9.60. The second-order valence-corrected chi connectivity index (χ2v) is 10.5. The van der Waals surface area contributed by atoms with Crippen LogP contribution in [0.25, 0.3) is 5.69 Å². The smallest absolute Gasteiger partial charge is 0.230 e. The van der Waals surface area contributed by atoms with Crippen molar-refractivity contribution >= 4 is 29.3 Å². The third-order valence-corrected chi connectivity index (χ3v) is 6.79. The zero-order valence-electron chi connectivity index (χ0n) is 20.7. The molecule has 1 aliphatic carbocycles. The fourth-order valence-electron chi connectivity index (χ4n) is 4.06. The van der Waals surface area contributed by atoms with Gasteiger partial charge in [-0.05, 0) is 61.4 Å². The van der Waals surface area contributed by atoms with Gasteiger partial charge in [-0.1, -0.05) is 55.9 Å². The Morgan fingerprint density at radius 3 is 2.49 bits per heavy atom. The fraction of sp³-hybridized carbons (Fsp3) is 0.407. The third kappa shape index (κ3) is 6.72. The fourth-order valence-corrected chi connectivity index (χ4v) is 4.83. The van der Waals surface area contributed by atoms with Gasteiger partial charge >= 0.3 is 0 Å². The summed E-state index contributed by atoms with van der Waals surface area (Å²) in [6.07, 6.45) is 3.22. The van der Waals surface area contributed by atoms with Crippen LogP contribution < -0.4 is 10.6 Å². The number of anilines is 1. The Bertz CT molecular complexity index is 1180. The van der Waals surface area contributed by atoms with E-state index < -0.39 is 0 Å². The van der Waals surface area contributed by atoms with Gasteiger partial charge in [0.05, 0.1) is 17.5 Å². The minimum atomic E-state index is -0.122. The number of hydrogen-bond acceptors (Lipinski definition) is 5. The molecule has 35 heavy (non-hydrogen) atoms. The van der Waals surface area contributed by atoms with E-state index in [0.717, 1.165) is 36.3 Å². The predicted octanol–water partition coefficient (Wildman–Crippen LogP) is 5.27. The summed E-state index contributed by atoms with van der Waals surface area (Å²) in [4.78, 5) is 24.3. The number of nitrogens with zero attached hydrogens (tertiary/aromatic N) is 3. The number of benzene rings is 2. The van der Waals surface area contributed by atoms with Gasteiger partial charge in [-0.3, -0.25) is 14.2 Å². The first-order valence-corrected chi connectivity index (χ1v) is 13.1. The largest absolute Gasteiger partial charge is 0.349 e. The Balaban J connectivity index is 1.42. The van der Waals surface area contributed by atoms with Crippen LogP contribution in [0.5, 0.6) is 0 Å². The van der Waals surface area contributed by atoms with Crippen LogP contribution in [-0.4, -0.2) is 32.3 Å². The van der Waals surface area contributed by atoms with Crippen molar-refractivity contribution in [2.24, 2.45) is 5.92 Å². The van der Waals surface area contributed by atoms with E-state index in [-0.39, 0.29) is 23.6 Å². The maximum Gasteiger partial charge on any atom is 0.230 e. The maximum absolute atomic E-state index is 12.8. The summed E-state index contributed by atoms with van der Waals surface area (Å²) < 4.78 is 2.01.